The normalized spacial score (nSPS) is 20.2. The van der Waals surface area contributed by atoms with Crippen LogP contribution in [-0.2, 0) is 0 Å². The van der Waals surface area contributed by atoms with Gasteiger partial charge in [0.15, 0.2) is 0 Å². The average Bonchev–Trinajstić information content (AvgIpc) is 3.17. The molecule has 0 spiro atoms. The fraction of sp³-hybridized carbons (Fsp3) is 0.118. The van der Waals surface area contributed by atoms with E-state index in [-0.39, 0.29) is 18.0 Å². The van der Waals surface area contributed by atoms with Crippen LogP contribution in [0.3, 0.4) is 0 Å². The van der Waals surface area contributed by atoms with E-state index in [1.54, 1.807) is 18.2 Å². The molecule has 3 aromatic rings. The summed E-state index contributed by atoms with van der Waals surface area (Å²) in [5, 5.41) is 30.5. The lowest BCUT2D eigenvalue weighted by Gasteiger charge is -2.37. The molecule has 134 valence electrons. The molecule has 7 nitrogen and oxygen atoms in total. The highest BCUT2D eigenvalue weighted by Gasteiger charge is 2.36. The van der Waals surface area contributed by atoms with E-state index in [9.17, 15) is 19.3 Å². The number of hydrogen-bond donors (Lipinski definition) is 5. The van der Waals surface area contributed by atoms with Crippen LogP contribution in [0.4, 0.5) is 5.69 Å². The maximum absolute atomic E-state index is 10.3. The number of thiophene rings is 1. The van der Waals surface area contributed by atoms with Gasteiger partial charge in [-0.25, -0.2) is 0 Å². The van der Waals surface area contributed by atoms with Gasteiger partial charge in [0.1, 0.15) is 28.6 Å². The summed E-state index contributed by atoms with van der Waals surface area (Å²) >= 11 is 1.39. The molecular formula is C17H15N3O4S2. The Morgan fingerprint density at radius 3 is 2.62 bits per heavy atom. The molecule has 2 heterocycles. The molecule has 1 unspecified atom stereocenters. The third-order valence-corrected chi connectivity index (χ3v) is 6.73. The van der Waals surface area contributed by atoms with Crippen LogP contribution in [-0.4, -0.2) is 32.1 Å². The molecule has 1 aromatic heterocycles. The topological polar surface area (TPSA) is 120 Å². The van der Waals surface area contributed by atoms with Crippen LogP contribution < -0.4 is 9.03 Å². The lowest BCUT2D eigenvalue weighted by Crippen LogP contribution is -2.25. The predicted octanol–water partition coefficient (Wildman–Crippen LogP) is 3.45. The van der Waals surface area contributed by atoms with Crippen molar-refractivity contribution < 1.29 is 19.3 Å². The number of phenolic OH excluding ortho intramolecular Hbond substituents is 1. The van der Waals surface area contributed by atoms with E-state index in [4.69, 9.17) is 5.26 Å². The number of phenols is 1. The Hall–Kier alpha value is -2.32. The average molecular weight is 389 g/mol. The van der Waals surface area contributed by atoms with Gasteiger partial charge in [-0.05, 0) is 46.7 Å². The smallest absolute Gasteiger partial charge is 0.142 e. The minimum absolute atomic E-state index is 0.0580. The van der Waals surface area contributed by atoms with Crippen molar-refractivity contribution in [1.82, 2.24) is 4.72 Å². The van der Waals surface area contributed by atoms with Gasteiger partial charge in [-0.3, -0.25) is 13.4 Å². The van der Waals surface area contributed by atoms with Crippen LogP contribution in [0, 0.1) is 11.3 Å². The van der Waals surface area contributed by atoms with E-state index in [1.165, 1.54) is 11.3 Å². The number of benzene rings is 2. The van der Waals surface area contributed by atoms with E-state index in [0.29, 0.717) is 4.88 Å². The lowest BCUT2D eigenvalue weighted by molar-refractivity contribution is 0.182. The van der Waals surface area contributed by atoms with Crippen LogP contribution in [0.1, 0.15) is 4.88 Å². The van der Waals surface area contributed by atoms with Crippen molar-refractivity contribution in [2.45, 2.75) is 6.23 Å². The van der Waals surface area contributed by atoms with Crippen LogP contribution >= 0.6 is 22.3 Å². The number of aliphatic hydroxyl groups is 1. The van der Waals surface area contributed by atoms with Crippen molar-refractivity contribution in [1.29, 1.82) is 5.26 Å². The van der Waals surface area contributed by atoms with E-state index in [0.717, 1.165) is 25.5 Å². The van der Waals surface area contributed by atoms with Crippen LogP contribution in [0.25, 0.3) is 21.2 Å². The monoisotopic (exact) mass is 389 g/mol. The van der Waals surface area contributed by atoms with Crippen molar-refractivity contribution in [3.05, 3.63) is 47.3 Å². The fourth-order valence-electron chi connectivity index (χ4n) is 2.96. The zero-order chi connectivity index (χ0) is 18.5. The number of nitriles is 1. The third kappa shape index (κ3) is 2.89. The second kappa shape index (κ2) is 6.14. The van der Waals surface area contributed by atoms with Gasteiger partial charge in [0, 0.05) is 4.88 Å². The quantitative estimate of drug-likeness (QED) is 0.455. The minimum Gasteiger partial charge on any atom is -0.506 e. The molecule has 1 saturated heterocycles. The Kier molecular flexibility index (Phi) is 4.04. The molecule has 2 aromatic carbocycles. The van der Waals surface area contributed by atoms with Gasteiger partial charge < -0.3 is 10.2 Å². The Balaban J connectivity index is 1.81. The second-order valence-electron chi connectivity index (χ2n) is 5.89. The summed E-state index contributed by atoms with van der Waals surface area (Å²) in [6, 6.07) is 14.6. The number of anilines is 1. The molecule has 1 atom stereocenters. The highest BCUT2D eigenvalue weighted by atomic mass is 32.3. The second-order valence-corrected chi connectivity index (χ2v) is 8.69. The number of β-amino-alcohol motifs (C(OH)–C–C–N with tert-alkyl or cyclic N) is 1. The predicted molar refractivity (Wildman–Crippen MR) is 103 cm³/mol. The van der Waals surface area contributed by atoms with Gasteiger partial charge in [0.25, 0.3) is 0 Å². The summed E-state index contributed by atoms with van der Waals surface area (Å²) in [6.45, 7) is -0.0580. The number of fused-ring (bicyclic) bond motifs is 1. The molecule has 0 bridgehead atoms. The Labute approximate surface area is 155 Å². The molecular weight excluding hydrogens is 374 g/mol. The van der Waals surface area contributed by atoms with Gasteiger partial charge in [-0.2, -0.15) is 9.98 Å². The maximum Gasteiger partial charge on any atom is 0.142 e. The van der Waals surface area contributed by atoms with Gasteiger partial charge in [0.2, 0.25) is 0 Å². The summed E-state index contributed by atoms with van der Waals surface area (Å²) in [6.07, 6.45) is -1.10. The first kappa shape index (κ1) is 17.1. The van der Waals surface area contributed by atoms with Crippen LogP contribution in [0.15, 0.2) is 42.5 Å². The number of nitrogens with one attached hydrogen (secondary N) is 1. The zero-order valence-electron chi connectivity index (χ0n) is 13.3. The molecule has 1 fully saturated rings. The van der Waals surface area contributed by atoms with Gasteiger partial charge in [-0.15, -0.1) is 11.3 Å². The number of nitrogens with zero attached hydrogens (tertiary/aromatic N) is 2. The number of hydrogen-bond acceptors (Lipinski definition) is 8. The van der Waals surface area contributed by atoms with Crippen molar-refractivity contribution in [3.63, 3.8) is 0 Å². The van der Waals surface area contributed by atoms with Gasteiger partial charge in [0.05, 0.1) is 6.54 Å². The molecule has 0 radical (unpaired) electrons. The van der Waals surface area contributed by atoms with E-state index in [1.807, 2.05) is 24.3 Å². The largest absolute Gasteiger partial charge is 0.506 e. The number of rotatable bonds is 2. The first-order chi connectivity index (χ1) is 12.4. The highest BCUT2D eigenvalue weighted by molar-refractivity contribution is 8.24. The number of aliphatic hydroxyl groups excluding tert-OH is 1. The van der Waals surface area contributed by atoms with Crippen molar-refractivity contribution in [2.75, 3.05) is 10.8 Å². The van der Waals surface area contributed by atoms with E-state index < -0.39 is 17.2 Å². The molecule has 0 aliphatic carbocycles. The highest BCUT2D eigenvalue weighted by Crippen LogP contribution is 2.50. The summed E-state index contributed by atoms with van der Waals surface area (Å²) in [5.41, 5.74) is 1.15. The van der Waals surface area contributed by atoms with E-state index >= 15 is 0 Å². The Bertz CT molecular complexity index is 1040. The van der Waals surface area contributed by atoms with Gasteiger partial charge >= 0.3 is 0 Å². The molecule has 9 heteroatoms. The molecule has 1 aliphatic heterocycles. The Morgan fingerprint density at radius 2 is 1.96 bits per heavy atom. The van der Waals surface area contributed by atoms with Gasteiger partial charge in [-0.1, -0.05) is 23.1 Å². The minimum atomic E-state index is -3.40. The van der Waals surface area contributed by atoms with Crippen molar-refractivity contribution >= 4 is 38.8 Å². The van der Waals surface area contributed by atoms with Crippen molar-refractivity contribution in [2.24, 2.45) is 0 Å². The SMILES string of the molecule is N#Cc1ccc(-c2ccc3cc(O)c(N4CC(O)NS4(O)O)cc3c2)s1. The van der Waals surface area contributed by atoms with E-state index in [2.05, 4.69) is 10.8 Å². The maximum atomic E-state index is 10.3. The molecule has 4 rings (SSSR count). The van der Waals surface area contributed by atoms with Crippen LogP contribution in [0.5, 0.6) is 5.75 Å². The lowest BCUT2D eigenvalue weighted by atomic mass is 10.0. The molecule has 1 aliphatic rings. The molecule has 26 heavy (non-hydrogen) atoms. The summed E-state index contributed by atoms with van der Waals surface area (Å²) in [5.74, 6) is -0.107. The standard InChI is InChI=1S/C17H15N3O4S2/c18-8-13-3-4-16(25-13)11-2-1-10-7-15(21)14(6-12(10)5-11)20-9-17(22)19-26(20,23)24/h1-7,17,19,21-24H,9H2. The fourth-order valence-corrected chi connectivity index (χ4v) is 5.10. The molecule has 0 saturated carbocycles. The zero-order valence-corrected chi connectivity index (χ0v) is 15.0. The third-order valence-electron chi connectivity index (χ3n) is 4.14. The number of aromatic hydroxyl groups is 1. The first-order valence-electron chi connectivity index (χ1n) is 7.66. The summed E-state index contributed by atoms with van der Waals surface area (Å²) < 4.78 is 23.6. The summed E-state index contributed by atoms with van der Waals surface area (Å²) in [7, 11) is -3.40. The first-order valence-corrected chi connectivity index (χ1v) is 9.98. The molecule has 0 amide bonds. The Morgan fingerprint density at radius 1 is 1.15 bits per heavy atom. The summed E-state index contributed by atoms with van der Waals surface area (Å²) in [4.78, 5) is 1.57. The van der Waals surface area contributed by atoms with Crippen molar-refractivity contribution in [3.8, 4) is 22.3 Å². The molecule has 5 N–H and O–H groups in total. The van der Waals surface area contributed by atoms with Crippen LogP contribution in [0.2, 0.25) is 0 Å².